The molecule has 6 nitrogen and oxygen atoms in total. The standard InChI is InChI=1S/C6H11N3O3S2/c1-4-5(13-6(7)9-4)14(11,12)8-2-3-10/h8,10H,2-3H2,1H3,(H2,7,9). The summed E-state index contributed by atoms with van der Waals surface area (Å²) < 4.78 is 25.4. The van der Waals surface area contributed by atoms with Crippen LogP contribution in [-0.2, 0) is 10.0 Å². The van der Waals surface area contributed by atoms with E-state index in [2.05, 4.69) is 9.71 Å². The average molecular weight is 237 g/mol. The molecule has 0 saturated heterocycles. The highest BCUT2D eigenvalue weighted by Gasteiger charge is 2.20. The lowest BCUT2D eigenvalue weighted by molar-refractivity contribution is 0.301. The number of nitrogen functional groups attached to an aromatic ring is 1. The van der Waals surface area contributed by atoms with E-state index in [9.17, 15) is 8.42 Å². The van der Waals surface area contributed by atoms with Crippen LogP contribution in [0.25, 0.3) is 0 Å². The molecule has 0 saturated carbocycles. The molecule has 0 radical (unpaired) electrons. The molecule has 14 heavy (non-hydrogen) atoms. The highest BCUT2D eigenvalue weighted by molar-refractivity contribution is 7.91. The van der Waals surface area contributed by atoms with Crippen LogP contribution in [0.5, 0.6) is 0 Å². The van der Waals surface area contributed by atoms with Crippen molar-refractivity contribution >= 4 is 26.5 Å². The van der Waals surface area contributed by atoms with Crippen LogP contribution in [0.15, 0.2) is 4.21 Å². The van der Waals surface area contributed by atoms with Crippen molar-refractivity contribution in [2.24, 2.45) is 0 Å². The average Bonchev–Trinajstić information content (AvgIpc) is 2.42. The molecule has 1 rings (SSSR count). The van der Waals surface area contributed by atoms with Gasteiger partial charge in [0.2, 0.25) is 0 Å². The maximum Gasteiger partial charge on any atom is 0.252 e. The summed E-state index contributed by atoms with van der Waals surface area (Å²) in [5.74, 6) is 0. The Balaban J connectivity index is 2.98. The predicted octanol–water partition coefficient (Wildman–Crippen LogP) is -0.696. The SMILES string of the molecule is Cc1nc(N)sc1S(=O)(=O)NCCO. The monoisotopic (exact) mass is 237 g/mol. The Bertz CT molecular complexity index is 412. The van der Waals surface area contributed by atoms with Crippen LogP contribution >= 0.6 is 11.3 Å². The summed E-state index contributed by atoms with van der Waals surface area (Å²) in [5.41, 5.74) is 5.74. The van der Waals surface area contributed by atoms with Crippen LogP contribution in [-0.4, -0.2) is 31.7 Å². The molecule has 80 valence electrons. The van der Waals surface area contributed by atoms with Gasteiger partial charge in [-0.1, -0.05) is 11.3 Å². The molecule has 0 spiro atoms. The fourth-order valence-corrected chi connectivity index (χ4v) is 3.26. The van der Waals surface area contributed by atoms with Gasteiger partial charge in [-0.25, -0.2) is 18.1 Å². The van der Waals surface area contributed by atoms with Crippen LogP contribution in [0.1, 0.15) is 5.69 Å². The molecule has 0 atom stereocenters. The third-order valence-electron chi connectivity index (χ3n) is 1.42. The van der Waals surface area contributed by atoms with Crippen LogP contribution in [0.4, 0.5) is 5.13 Å². The summed E-state index contributed by atoms with van der Waals surface area (Å²) in [5, 5.41) is 8.70. The number of hydrogen-bond acceptors (Lipinski definition) is 6. The molecule has 8 heteroatoms. The molecule has 1 aromatic rings. The van der Waals surface area contributed by atoms with Gasteiger partial charge in [0.1, 0.15) is 0 Å². The normalized spacial score (nSPS) is 11.9. The van der Waals surface area contributed by atoms with Crippen molar-refractivity contribution in [1.82, 2.24) is 9.71 Å². The zero-order chi connectivity index (χ0) is 10.8. The van der Waals surface area contributed by atoms with E-state index in [4.69, 9.17) is 10.8 Å². The van der Waals surface area contributed by atoms with E-state index in [0.717, 1.165) is 11.3 Å². The van der Waals surface area contributed by atoms with E-state index in [-0.39, 0.29) is 22.5 Å². The van der Waals surface area contributed by atoms with E-state index in [1.807, 2.05) is 0 Å². The Hall–Kier alpha value is -0.700. The lowest BCUT2D eigenvalue weighted by atomic mass is 10.6. The topological polar surface area (TPSA) is 105 Å². The largest absolute Gasteiger partial charge is 0.395 e. The van der Waals surface area contributed by atoms with E-state index in [1.165, 1.54) is 0 Å². The van der Waals surface area contributed by atoms with Gasteiger partial charge >= 0.3 is 0 Å². The van der Waals surface area contributed by atoms with Crippen molar-refractivity contribution in [2.45, 2.75) is 11.1 Å². The number of aliphatic hydroxyl groups excluding tert-OH is 1. The Labute approximate surface area is 85.8 Å². The van der Waals surface area contributed by atoms with Crippen molar-refractivity contribution in [3.05, 3.63) is 5.69 Å². The molecule has 4 N–H and O–H groups in total. The fraction of sp³-hybridized carbons (Fsp3) is 0.500. The number of hydrogen-bond donors (Lipinski definition) is 3. The molecule has 1 aromatic heterocycles. The Kier molecular flexibility index (Phi) is 3.43. The zero-order valence-corrected chi connectivity index (χ0v) is 9.15. The minimum absolute atomic E-state index is 0.0143. The molecular formula is C6H11N3O3S2. The number of thiazole rings is 1. The number of aliphatic hydroxyl groups is 1. The molecule has 0 amide bonds. The van der Waals surface area contributed by atoms with Crippen molar-refractivity contribution in [3.8, 4) is 0 Å². The molecule has 0 aliphatic heterocycles. The number of aryl methyl sites for hydroxylation is 1. The summed E-state index contributed by atoms with van der Waals surface area (Å²) in [7, 11) is -3.57. The first-order chi connectivity index (χ1) is 6.47. The second kappa shape index (κ2) is 4.22. The second-order valence-electron chi connectivity index (χ2n) is 2.55. The van der Waals surface area contributed by atoms with Gasteiger partial charge in [0.25, 0.3) is 10.0 Å². The van der Waals surface area contributed by atoms with Gasteiger partial charge in [0, 0.05) is 6.54 Å². The van der Waals surface area contributed by atoms with E-state index >= 15 is 0 Å². The Morgan fingerprint density at radius 1 is 1.64 bits per heavy atom. The number of sulfonamides is 1. The van der Waals surface area contributed by atoms with Crippen LogP contribution < -0.4 is 10.5 Å². The highest BCUT2D eigenvalue weighted by Crippen LogP contribution is 2.24. The fourth-order valence-electron chi connectivity index (χ4n) is 0.897. The molecule has 0 fully saturated rings. The van der Waals surface area contributed by atoms with Crippen molar-refractivity contribution < 1.29 is 13.5 Å². The molecule has 0 aliphatic carbocycles. The van der Waals surface area contributed by atoms with Gasteiger partial charge in [0.05, 0.1) is 12.3 Å². The van der Waals surface area contributed by atoms with Gasteiger partial charge in [-0.2, -0.15) is 0 Å². The summed E-state index contributed by atoms with van der Waals surface area (Å²) in [6.45, 7) is 1.31. The van der Waals surface area contributed by atoms with Crippen LogP contribution in [0.2, 0.25) is 0 Å². The van der Waals surface area contributed by atoms with E-state index in [0.29, 0.717) is 5.69 Å². The number of nitrogens with zero attached hydrogens (tertiary/aromatic N) is 1. The van der Waals surface area contributed by atoms with Gasteiger partial charge in [-0.05, 0) is 6.92 Å². The zero-order valence-electron chi connectivity index (χ0n) is 7.52. The molecule has 0 aliphatic rings. The minimum Gasteiger partial charge on any atom is -0.395 e. The number of nitrogens with two attached hydrogens (primary N) is 1. The maximum atomic E-state index is 11.5. The second-order valence-corrected chi connectivity index (χ2v) is 5.54. The third kappa shape index (κ3) is 2.41. The van der Waals surface area contributed by atoms with Gasteiger partial charge < -0.3 is 10.8 Å². The summed E-state index contributed by atoms with van der Waals surface area (Å²) >= 11 is 0.906. The van der Waals surface area contributed by atoms with Crippen LogP contribution in [0, 0.1) is 6.92 Å². The third-order valence-corrected chi connectivity index (χ3v) is 4.48. The summed E-state index contributed by atoms with van der Waals surface area (Å²) in [4.78, 5) is 3.80. The van der Waals surface area contributed by atoms with Gasteiger partial charge in [-0.15, -0.1) is 0 Å². The first kappa shape index (κ1) is 11.4. The molecule has 0 bridgehead atoms. The number of rotatable bonds is 4. The number of aromatic nitrogens is 1. The predicted molar refractivity (Wildman–Crippen MR) is 53.5 cm³/mol. The lowest BCUT2D eigenvalue weighted by Crippen LogP contribution is -2.26. The van der Waals surface area contributed by atoms with Crippen molar-refractivity contribution in [1.29, 1.82) is 0 Å². The Morgan fingerprint density at radius 2 is 2.29 bits per heavy atom. The van der Waals surface area contributed by atoms with E-state index in [1.54, 1.807) is 6.92 Å². The Morgan fingerprint density at radius 3 is 2.71 bits per heavy atom. The summed E-state index contributed by atoms with van der Waals surface area (Å²) in [6.07, 6.45) is 0. The number of nitrogens with one attached hydrogen (secondary N) is 1. The van der Waals surface area contributed by atoms with Crippen molar-refractivity contribution in [3.63, 3.8) is 0 Å². The smallest absolute Gasteiger partial charge is 0.252 e. The van der Waals surface area contributed by atoms with Gasteiger partial charge in [0.15, 0.2) is 9.34 Å². The lowest BCUT2D eigenvalue weighted by Gasteiger charge is -2.02. The number of anilines is 1. The molecule has 0 unspecified atom stereocenters. The minimum atomic E-state index is -3.57. The molecule has 0 aromatic carbocycles. The quantitative estimate of drug-likeness (QED) is 0.642. The highest BCUT2D eigenvalue weighted by atomic mass is 32.2. The van der Waals surface area contributed by atoms with Gasteiger partial charge in [-0.3, -0.25) is 0 Å². The maximum absolute atomic E-state index is 11.5. The van der Waals surface area contributed by atoms with E-state index < -0.39 is 10.0 Å². The first-order valence-electron chi connectivity index (χ1n) is 3.81. The first-order valence-corrected chi connectivity index (χ1v) is 6.11. The molecule has 1 heterocycles. The molecular weight excluding hydrogens is 226 g/mol. The summed E-state index contributed by atoms with van der Waals surface area (Å²) in [6, 6.07) is 0. The van der Waals surface area contributed by atoms with Crippen LogP contribution in [0.3, 0.4) is 0 Å². The van der Waals surface area contributed by atoms with Crippen molar-refractivity contribution in [2.75, 3.05) is 18.9 Å².